The van der Waals surface area contributed by atoms with E-state index in [1.54, 1.807) is 13.8 Å². The molecule has 2 aromatic heterocycles. The lowest BCUT2D eigenvalue weighted by Gasteiger charge is -2.28. The van der Waals surface area contributed by atoms with E-state index in [0.29, 0.717) is 24.3 Å². The highest BCUT2D eigenvalue weighted by atomic mass is 32.2. The summed E-state index contributed by atoms with van der Waals surface area (Å²) in [5.74, 6) is -1.01. The van der Waals surface area contributed by atoms with E-state index in [2.05, 4.69) is 5.16 Å². The van der Waals surface area contributed by atoms with Gasteiger partial charge in [0.25, 0.3) is 10.0 Å². The predicted molar refractivity (Wildman–Crippen MR) is 82.8 cm³/mol. The van der Waals surface area contributed by atoms with Crippen LogP contribution in [0.4, 0.5) is 0 Å². The molecule has 3 heterocycles. The number of carbonyl (C=O) groups is 1. The van der Waals surface area contributed by atoms with Gasteiger partial charge in [-0.25, -0.2) is 8.42 Å². The van der Waals surface area contributed by atoms with Crippen LogP contribution in [0.3, 0.4) is 0 Å². The zero-order valence-electron chi connectivity index (χ0n) is 13.4. The molecule has 9 heteroatoms. The predicted octanol–water partition coefficient (Wildman–Crippen LogP) is 2.04. The Kier molecular flexibility index (Phi) is 4.22. The van der Waals surface area contributed by atoms with E-state index in [9.17, 15) is 13.2 Å². The molecule has 1 atom stereocenters. The Morgan fingerprint density at radius 3 is 2.75 bits per heavy atom. The van der Waals surface area contributed by atoms with Crippen molar-refractivity contribution in [3.8, 4) is 11.5 Å². The molecular formula is C15H18N2O6S. The van der Waals surface area contributed by atoms with Gasteiger partial charge in [-0.3, -0.25) is 4.79 Å². The van der Waals surface area contributed by atoms with Crippen LogP contribution in [0.25, 0.3) is 11.5 Å². The maximum absolute atomic E-state index is 12.7. The quantitative estimate of drug-likeness (QED) is 0.893. The van der Waals surface area contributed by atoms with E-state index >= 15 is 0 Å². The van der Waals surface area contributed by atoms with Gasteiger partial charge in [0.1, 0.15) is 0 Å². The number of hydrogen-bond acceptors (Lipinski definition) is 6. The molecule has 1 saturated heterocycles. The minimum absolute atomic E-state index is 0.0475. The number of piperidine rings is 1. The van der Waals surface area contributed by atoms with E-state index in [-0.39, 0.29) is 23.9 Å². The van der Waals surface area contributed by atoms with E-state index in [1.807, 2.05) is 0 Å². The van der Waals surface area contributed by atoms with Gasteiger partial charge in [0.05, 0.1) is 11.6 Å². The fourth-order valence-corrected chi connectivity index (χ4v) is 4.15. The van der Waals surface area contributed by atoms with Crippen LogP contribution in [0, 0.1) is 19.8 Å². The van der Waals surface area contributed by atoms with Crippen molar-refractivity contribution >= 4 is 16.0 Å². The lowest BCUT2D eigenvalue weighted by molar-refractivity contribution is -0.142. The van der Waals surface area contributed by atoms with Crippen molar-refractivity contribution in [2.75, 3.05) is 13.1 Å². The SMILES string of the molecule is Cc1noc(-c2ccc(S(=O)(=O)N3CCCC(C(=O)O)C3)o2)c1C. The van der Waals surface area contributed by atoms with Crippen molar-refractivity contribution in [2.24, 2.45) is 5.92 Å². The highest BCUT2D eigenvalue weighted by molar-refractivity contribution is 7.89. The highest BCUT2D eigenvalue weighted by Crippen LogP contribution is 2.31. The number of rotatable bonds is 4. The van der Waals surface area contributed by atoms with Gasteiger partial charge < -0.3 is 14.0 Å². The molecule has 1 aliphatic heterocycles. The first kappa shape index (κ1) is 16.7. The number of sulfonamides is 1. The van der Waals surface area contributed by atoms with Gasteiger partial charge in [0.15, 0.2) is 5.76 Å². The largest absolute Gasteiger partial charge is 0.481 e. The van der Waals surface area contributed by atoms with Gasteiger partial charge in [-0.15, -0.1) is 0 Å². The van der Waals surface area contributed by atoms with Crippen molar-refractivity contribution < 1.29 is 27.3 Å². The van der Waals surface area contributed by atoms with Crippen molar-refractivity contribution in [3.63, 3.8) is 0 Å². The Morgan fingerprint density at radius 2 is 2.12 bits per heavy atom. The van der Waals surface area contributed by atoms with Crippen molar-refractivity contribution in [1.29, 1.82) is 0 Å². The number of aromatic nitrogens is 1. The number of nitrogens with zero attached hydrogens (tertiary/aromatic N) is 2. The van der Waals surface area contributed by atoms with Crippen LogP contribution in [0.2, 0.25) is 0 Å². The third-order valence-corrected chi connectivity index (χ3v) is 6.03. The Labute approximate surface area is 139 Å². The Balaban J connectivity index is 1.88. The van der Waals surface area contributed by atoms with Crippen LogP contribution in [0.1, 0.15) is 24.1 Å². The second kappa shape index (κ2) is 6.06. The molecule has 1 unspecified atom stereocenters. The van der Waals surface area contributed by atoms with Crippen molar-refractivity contribution in [2.45, 2.75) is 31.8 Å². The summed E-state index contributed by atoms with van der Waals surface area (Å²) in [6.45, 7) is 3.82. The molecule has 0 spiro atoms. The van der Waals surface area contributed by atoms with Gasteiger partial charge in [-0.05, 0) is 38.8 Å². The van der Waals surface area contributed by atoms with E-state index in [4.69, 9.17) is 14.0 Å². The molecule has 0 radical (unpaired) electrons. The average molecular weight is 354 g/mol. The number of carboxylic acids is 1. The molecule has 0 bridgehead atoms. The molecule has 3 rings (SSSR count). The zero-order chi connectivity index (χ0) is 17.5. The van der Waals surface area contributed by atoms with Crippen LogP contribution < -0.4 is 0 Å². The van der Waals surface area contributed by atoms with Crippen molar-refractivity contribution in [1.82, 2.24) is 9.46 Å². The summed E-state index contributed by atoms with van der Waals surface area (Å²) in [7, 11) is -3.88. The van der Waals surface area contributed by atoms with E-state index in [0.717, 1.165) is 9.87 Å². The molecule has 1 aliphatic rings. The number of aliphatic carboxylic acids is 1. The highest BCUT2D eigenvalue weighted by Gasteiger charge is 2.35. The van der Waals surface area contributed by atoms with Gasteiger partial charge in [0.2, 0.25) is 10.9 Å². The lowest BCUT2D eigenvalue weighted by Crippen LogP contribution is -2.42. The van der Waals surface area contributed by atoms with Crippen LogP contribution in [0.5, 0.6) is 0 Å². The van der Waals surface area contributed by atoms with E-state index in [1.165, 1.54) is 12.1 Å². The summed E-state index contributed by atoms with van der Waals surface area (Å²) in [4.78, 5) is 11.1. The molecule has 0 aromatic carbocycles. The third kappa shape index (κ3) is 2.84. The maximum Gasteiger partial charge on any atom is 0.307 e. The Bertz CT molecular complexity index is 866. The first-order valence-electron chi connectivity index (χ1n) is 7.56. The summed E-state index contributed by atoms with van der Waals surface area (Å²) >= 11 is 0. The number of aryl methyl sites for hydroxylation is 1. The first-order valence-corrected chi connectivity index (χ1v) is 9.00. The fourth-order valence-electron chi connectivity index (χ4n) is 2.72. The summed E-state index contributed by atoms with van der Waals surface area (Å²) < 4.78 is 37.2. The molecule has 8 nitrogen and oxygen atoms in total. The second-order valence-corrected chi connectivity index (χ2v) is 7.75. The van der Waals surface area contributed by atoms with Crippen LogP contribution in [-0.4, -0.2) is 42.0 Å². The summed E-state index contributed by atoms with van der Waals surface area (Å²) in [6.07, 6.45) is 0.978. The Morgan fingerprint density at radius 1 is 1.38 bits per heavy atom. The van der Waals surface area contributed by atoms with Crippen molar-refractivity contribution in [3.05, 3.63) is 23.4 Å². The molecule has 130 valence electrons. The lowest BCUT2D eigenvalue weighted by atomic mass is 10.0. The van der Waals surface area contributed by atoms with E-state index < -0.39 is 21.9 Å². The Hall–Kier alpha value is -2.13. The maximum atomic E-state index is 12.7. The zero-order valence-corrected chi connectivity index (χ0v) is 14.2. The normalized spacial score (nSPS) is 19.5. The third-order valence-electron chi connectivity index (χ3n) is 4.29. The van der Waals surface area contributed by atoms with Crippen LogP contribution >= 0.6 is 0 Å². The van der Waals surface area contributed by atoms with Gasteiger partial charge in [-0.1, -0.05) is 5.16 Å². The molecule has 0 saturated carbocycles. The molecule has 1 N–H and O–H groups in total. The average Bonchev–Trinajstić information content (AvgIpc) is 3.16. The molecular weight excluding hydrogens is 336 g/mol. The van der Waals surface area contributed by atoms with Crippen LogP contribution in [-0.2, 0) is 14.8 Å². The summed E-state index contributed by atoms with van der Waals surface area (Å²) in [5, 5.41) is 12.7. The minimum atomic E-state index is -3.88. The second-order valence-electron chi connectivity index (χ2n) is 5.88. The minimum Gasteiger partial charge on any atom is -0.481 e. The smallest absolute Gasteiger partial charge is 0.307 e. The topological polar surface area (TPSA) is 114 Å². The number of hydrogen-bond donors (Lipinski definition) is 1. The molecule has 0 aliphatic carbocycles. The molecule has 2 aromatic rings. The molecule has 0 amide bonds. The molecule has 24 heavy (non-hydrogen) atoms. The molecule has 1 fully saturated rings. The van der Waals surface area contributed by atoms with Gasteiger partial charge >= 0.3 is 5.97 Å². The number of furan rings is 1. The van der Waals surface area contributed by atoms with Gasteiger partial charge in [0, 0.05) is 18.7 Å². The number of carboxylic acid groups (broad SMARTS) is 1. The monoisotopic (exact) mass is 354 g/mol. The standard InChI is InChI=1S/C15H18N2O6S/c1-9-10(2)16-23-14(9)12-5-6-13(22-12)24(20,21)17-7-3-4-11(8-17)15(18)19/h5-6,11H,3-4,7-8H2,1-2H3,(H,18,19). The summed E-state index contributed by atoms with van der Waals surface area (Å²) in [5.41, 5.74) is 1.48. The van der Waals surface area contributed by atoms with Crippen LogP contribution in [0.15, 0.2) is 26.2 Å². The summed E-state index contributed by atoms with van der Waals surface area (Å²) in [6, 6.07) is 2.87. The fraction of sp³-hybridized carbons (Fsp3) is 0.467. The van der Waals surface area contributed by atoms with Gasteiger partial charge in [-0.2, -0.15) is 4.31 Å². The first-order chi connectivity index (χ1) is 11.3.